The van der Waals surface area contributed by atoms with Crippen LogP contribution < -0.4 is 5.73 Å². The molecule has 0 rings (SSSR count). The minimum Gasteiger partial charge on any atom is -0.328 e. The standard InChI is InChI=1S/C21H45N/c1-5-8-10-11-12-13-14-16-18-21(19(4)22)20(7-3)17-15-9-6-2/h19-21H,5-18,22H2,1-4H3. The molecule has 0 bridgehead atoms. The summed E-state index contributed by atoms with van der Waals surface area (Å²) in [7, 11) is 0. The molecule has 0 fully saturated rings. The maximum atomic E-state index is 6.31. The molecule has 0 heterocycles. The topological polar surface area (TPSA) is 26.0 Å². The second-order valence-corrected chi connectivity index (χ2v) is 7.45. The smallest absolute Gasteiger partial charge is 0.00414 e. The van der Waals surface area contributed by atoms with Crippen molar-refractivity contribution >= 4 is 0 Å². The summed E-state index contributed by atoms with van der Waals surface area (Å²) < 4.78 is 0. The average molecular weight is 312 g/mol. The Morgan fingerprint density at radius 3 is 1.59 bits per heavy atom. The molecule has 3 atom stereocenters. The molecule has 0 aromatic heterocycles. The van der Waals surface area contributed by atoms with Crippen LogP contribution >= 0.6 is 0 Å². The Labute approximate surface area is 141 Å². The van der Waals surface area contributed by atoms with Gasteiger partial charge in [0.1, 0.15) is 0 Å². The van der Waals surface area contributed by atoms with E-state index in [0.29, 0.717) is 6.04 Å². The molecule has 0 aromatic rings. The minimum atomic E-state index is 0.371. The average Bonchev–Trinajstić information content (AvgIpc) is 2.51. The van der Waals surface area contributed by atoms with Crippen molar-refractivity contribution < 1.29 is 0 Å². The zero-order valence-electron chi connectivity index (χ0n) is 16.2. The van der Waals surface area contributed by atoms with Crippen molar-refractivity contribution in [3.8, 4) is 0 Å². The van der Waals surface area contributed by atoms with Crippen LogP contribution in [0.5, 0.6) is 0 Å². The van der Waals surface area contributed by atoms with Crippen LogP contribution in [0.2, 0.25) is 0 Å². The molecule has 0 radical (unpaired) electrons. The SMILES string of the molecule is CCCCCCCCCCC(C(C)N)C(CC)CCCCC. The lowest BCUT2D eigenvalue weighted by Gasteiger charge is -2.29. The van der Waals surface area contributed by atoms with Gasteiger partial charge < -0.3 is 5.73 Å². The highest BCUT2D eigenvalue weighted by atomic mass is 14.6. The Hall–Kier alpha value is -0.0400. The number of unbranched alkanes of at least 4 members (excludes halogenated alkanes) is 9. The Morgan fingerprint density at radius 1 is 0.636 bits per heavy atom. The van der Waals surface area contributed by atoms with Gasteiger partial charge >= 0.3 is 0 Å². The van der Waals surface area contributed by atoms with E-state index in [1.165, 1.54) is 89.9 Å². The fourth-order valence-electron chi connectivity index (χ4n) is 3.82. The van der Waals surface area contributed by atoms with Crippen LogP contribution in [0.3, 0.4) is 0 Å². The van der Waals surface area contributed by atoms with Crippen molar-refractivity contribution in [2.24, 2.45) is 17.6 Å². The summed E-state index contributed by atoms with van der Waals surface area (Å²) in [6.07, 6.45) is 19.5. The zero-order chi connectivity index (χ0) is 16.6. The van der Waals surface area contributed by atoms with Crippen molar-refractivity contribution in [2.75, 3.05) is 0 Å². The molecule has 0 aromatic carbocycles. The zero-order valence-corrected chi connectivity index (χ0v) is 16.2. The second-order valence-electron chi connectivity index (χ2n) is 7.45. The quantitative estimate of drug-likeness (QED) is 0.303. The van der Waals surface area contributed by atoms with E-state index >= 15 is 0 Å². The normalized spacial score (nSPS) is 15.7. The summed E-state index contributed by atoms with van der Waals surface area (Å²) in [5.41, 5.74) is 6.31. The van der Waals surface area contributed by atoms with Crippen LogP contribution in [0.4, 0.5) is 0 Å². The van der Waals surface area contributed by atoms with Gasteiger partial charge in [0.15, 0.2) is 0 Å². The molecule has 1 heteroatoms. The van der Waals surface area contributed by atoms with Crippen LogP contribution in [-0.4, -0.2) is 6.04 Å². The van der Waals surface area contributed by atoms with E-state index in [9.17, 15) is 0 Å². The van der Waals surface area contributed by atoms with E-state index in [2.05, 4.69) is 27.7 Å². The fraction of sp³-hybridized carbons (Fsp3) is 1.00. The third kappa shape index (κ3) is 11.5. The molecule has 22 heavy (non-hydrogen) atoms. The summed E-state index contributed by atoms with van der Waals surface area (Å²) >= 11 is 0. The molecule has 1 nitrogen and oxygen atoms in total. The van der Waals surface area contributed by atoms with Crippen LogP contribution in [0.25, 0.3) is 0 Å². The summed E-state index contributed by atoms with van der Waals surface area (Å²) in [4.78, 5) is 0. The van der Waals surface area contributed by atoms with Gasteiger partial charge in [0, 0.05) is 6.04 Å². The van der Waals surface area contributed by atoms with Crippen LogP contribution in [0, 0.1) is 11.8 Å². The van der Waals surface area contributed by atoms with Crippen LogP contribution in [-0.2, 0) is 0 Å². The highest BCUT2D eigenvalue weighted by Gasteiger charge is 2.22. The van der Waals surface area contributed by atoms with Gasteiger partial charge in [-0.2, -0.15) is 0 Å². The highest BCUT2D eigenvalue weighted by Crippen LogP contribution is 2.29. The Morgan fingerprint density at radius 2 is 1.09 bits per heavy atom. The number of hydrogen-bond donors (Lipinski definition) is 1. The van der Waals surface area contributed by atoms with Crippen molar-refractivity contribution in [1.29, 1.82) is 0 Å². The molecule has 134 valence electrons. The largest absolute Gasteiger partial charge is 0.328 e. The molecule has 2 N–H and O–H groups in total. The van der Waals surface area contributed by atoms with Gasteiger partial charge in [-0.15, -0.1) is 0 Å². The van der Waals surface area contributed by atoms with Gasteiger partial charge in [-0.25, -0.2) is 0 Å². The van der Waals surface area contributed by atoms with Gasteiger partial charge in [0.25, 0.3) is 0 Å². The van der Waals surface area contributed by atoms with Gasteiger partial charge in [0.2, 0.25) is 0 Å². The molecule has 0 saturated carbocycles. The third-order valence-electron chi connectivity index (χ3n) is 5.37. The molecule has 0 saturated heterocycles. The van der Waals surface area contributed by atoms with Crippen molar-refractivity contribution in [3.63, 3.8) is 0 Å². The summed E-state index contributed by atoms with van der Waals surface area (Å²) in [5, 5.41) is 0. The van der Waals surface area contributed by atoms with E-state index in [1.807, 2.05) is 0 Å². The maximum Gasteiger partial charge on any atom is 0.00414 e. The predicted molar refractivity (Wildman–Crippen MR) is 102 cm³/mol. The first-order valence-corrected chi connectivity index (χ1v) is 10.4. The van der Waals surface area contributed by atoms with E-state index in [1.54, 1.807) is 0 Å². The van der Waals surface area contributed by atoms with Gasteiger partial charge in [-0.3, -0.25) is 0 Å². The minimum absolute atomic E-state index is 0.371. The molecule has 3 unspecified atom stereocenters. The first-order chi connectivity index (χ1) is 10.7. The van der Waals surface area contributed by atoms with Crippen molar-refractivity contribution in [3.05, 3.63) is 0 Å². The highest BCUT2D eigenvalue weighted by molar-refractivity contribution is 4.76. The summed E-state index contributed by atoms with van der Waals surface area (Å²) in [6.45, 7) is 9.18. The lowest BCUT2D eigenvalue weighted by Crippen LogP contribution is -2.32. The fourth-order valence-corrected chi connectivity index (χ4v) is 3.82. The molecule has 0 aliphatic rings. The maximum absolute atomic E-state index is 6.31. The number of rotatable bonds is 16. The van der Waals surface area contributed by atoms with E-state index in [-0.39, 0.29) is 0 Å². The van der Waals surface area contributed by atoms with E-state index in [4.69, 9.17) is 5.73 Å². The lowest BCUT2D eigenvalue weighted by molar-refractivity contribution is 0.239. The second kappa shape index (κ2) is 15.8. The first-order valence-electron chi connectivity index (χ1n) is 10.4. The molecule has 0 spiro atoms. The van der Waals surface area contributed by atoms with Crippen molar-refractivity contribution in [2.45, 2.75) is 124 Å². The Kier molecular flexibility index (Phi) is 15.8. The summed E-state index contributed by atoms with van der Waals surface area (Å²) in [6, 6.07) is 0.371. The van der Waals surface area contributed by atoms with E-state index in [0.717, 1.165) is 11.8 Å². The van der Waals surface area contributed by atoms with Crippen LogP contribution in [0.15, 0.2) is 0 Å². The van der Waals surface area contributed by atoms with Gasteiger partial charge in [-0.05, 0) is 25.2 Å². The molecular weight excluding hydrogens is 266 g/mol. The van der Waals surface area contributed by atoms with Gasteiger partial charge in [0.05, 0.1) is 0 Å². The molecule has 0 aliphatic carbocycles. The van der Waals surface area contributed by atoms with Crippen LogP contribution in [0.1, 0.15) is 118 Å². The molecule has 0 aliphatic heterocycles. The first kappa shape index (κ1) is 22.0. The lowest BCUT2D eigenvalue weighted by atomic mass is 9.78. The van der Waals surface area contributed by atoms with E-state index < -0.39 is 0 Å². The van der Waals surface area contributed by atoms with Gasteiger partial charge in [-0.1, -0.05) is 104 Å². The Balaban J connectivity index is 3.87. The Bertz CT molecular complexity index is 212. The predicted octanol–water partition coefficient (Wildman–Crippen LogP) is 7.09. The number of nitrogens with two attached hydrogens (primary N) is 1. The third-order valence-corrected chi connectivity index (χ3v) is 5.37. The number of hydrogen-bond acceptors (Lipinski definition) is 1. The monoisotopic (exact) mass is 311 g/mol. The van der Waals surface area contributed by atoms with Crippen molar-refractivity contribution in [1.82, 2.24) is 0 Å². The molecule has 0 amide bonds. The molecular formula is C21H45N. The summed E-state index contributed by atoms with van der Waals surface area (Å²) in [5.74, 6) is 1.61.